The van der Waals surface area contributed by atoms with Crippen molar-refractivity contribution in [2.45, 2.75) is 18.7 Å². The van der Waals surface area contributed by atoms with E-state index in [1.165, 1.54) is 11.1 Å². The summed E-state index contributed by atoms with van der Waals surface area (Å²) < 4.78 is 32.5. The fourth-order valence-corrected chi connectivity index (χ4v) is 5.77. The summed E-state index contributed by atoms with van der Waals surface area (Å²) in [6.45, 7) is 6.32. The summed E-state index contributed by atoms with van der Waals surface area (Å²) in [5.74, 6) is 0.641. The Kier molecular flexibility index (Phi) is 5.81. The van der Waals surface area contributed by atoms with Crippen molar-refractivity contribution in [2.75, 3.05) is 38.2 Å². The van der Waals surface area contributed by atoms with Crippen LogP contribution in [0.5, 0.6) is 5.75 Å². The Hall–Kier alpha value is -2.42. The van der Waals surface area contributed by atoms with Gasteiger partial charge in [-0.1, -0.05) is 12.1 Å². The SMILES string of the molecule is COc1ccc(S(=O)(=O)N2CCN(c3nc(-c4ccc(C)c(C)c4)cs3)CC2)cc1. The van der Waals surface area contributed by atoms with Gasteiger partial charge in [-0.25, -0.2) is 13.4 Å². The maximum Gasteiger partial charge on any atom is 0.243 e. The van der Waals surface area contributed by atoms with Crippen molar-refractivity contribution >= 4 is 26.5 Å². The Morgan fingerprint density at radius 3 is 2.30 bits per heavy atom. The van der Waals surface area contributed by atoms with Crippen LogP contribution in [-0.4, -0.2) is 51.0 Å². The molecule has 0 radical (unpaired) electrons. The van der Waals surface area contributed by atoms with Crippen LogP contribution in [0.1, 0.15) is 11.1 Å². The Balaban J connectivity index is 1.44. The molecule has 1 aromatic heterocycles. The van der Waals surface area contributed by atoms with Gasteiger partial charge in [-0.3, -0.25) is 0 Å². The zero-order valence-electron chi connectivity index (χ0n) is 17.3. The first-order valence-corrected chi connectivity index (χ1v) is 12.1. The highest BCUT2D eigenvalue weighted by molar-refractivity contribution is 7.89. The van der Waals surface area contributed by atoms with Crippen LogP contribution in [0, 0.1) is 13.8 Å². The van der Waals surface area contributed by atoms with Crippen LogP contribution >= 0.6 is 11.3 Å². The van der Waals surface area contributed by atoms with Crippen LogP contribution in [-0.2, 0) is 10.0 Å². The Labute approximate surface area is 181 Å². The molecule has 6 nitrogen and oxygen atoms in total. The molecular formula is C22H25N3O3S2. The van der Waals surface area contributed by atoms with E-state index in [1.54, 1.807) is 47.0 Å². The van der Waals surface area contributed by atoms with E-state index < -0.39 is 10.0 Å². The van der Waals surface area contributed by atoms with Gasteiger partial charge in [0, 0.05) is 37.1 Å². The van der Waals surface area contributed by atoms with Gasteiger partial charge in [-0.15, -0.1) is 11.3 Å². The van der Waals surface area contributed by atoms with Crippen molar-refractivity contribution in [1.29, 1.82) is 0 Å². The molecule has 2 heterocycles. The van der Waals surface area contributed by atoms with Gasteiger partial charge in [-0.05, 0) is 55.3 Å². The largest absolute Gasteiger partial charge is 0.497 e. The second-order valence-corrected chi connectivity index (χ2v) is 10.2. The Morgan fingerprint density at radius 2 is 1.67 bits per heavy atom. The first-order chi connectivity index (χ1) is 14.4. The molecule has 0 aliphatic carbocycles. The molecule has 1 saturated heterocycles. The quantitative estimate of drug-likeness (QED) is 0.598. The summed E-state index contributed by atoms with van der Waals surface area (Å²) in [6.07, 6.45) is 0. The molecule has 4 rings (SSSR count). The maximum atomic E-state index is 12.9. The lowest BCUT2D eigenvalue weighted by Crippen LogP contribution is -2.48. The van der Waals surface area contributed by atoms with Crippen molar-refractivity contribution in [3.8, 4) is 17.0 Å². The molecule has 0 saturated carbocycles. The zero-order chi connectivity index (χ0) is 21.3. The van der Waals surface area contributed by atoms with E-state index in [-0.39, 0.29) is 0 Å². The van der Waals surface area contributed by atoms with Gasteiger partial charge >= 0.3 is 0 Å². The van der Waals surface area contributed by atoms with Gasteiger partial charge in [0.25, 0.3) is 0 Å². The minimum Gasteiger partial charge on any atom is -0.497 e. The van der Waals surface area contributed by atoms with Crippen molar-refractivity contribution in [3.63, 3.8) is 0 Å². The topological polar surface area (TPSA) is 62.7 Å². The average Bonchev–Trinajstić information content (AvgIpc) is 3.26. The summed E-state index contributed by atoms with van der Waals surface area (Å²) in [6, 6.07) is 12.9. The molecule has 158 valence electrons. The van der Waals surface area contributed by atoms with Crippen LogP contribution in [0.25, 0.3) is 11.3 Å². The molecule has 3 aromatic rings. The third-order valence-electron chi connectivity index (χ3n) is 5.50. The number of nitrogens with zero attached hydrogens (tertiary/aromatic N) is 3. The minimum atomic E-state index is -3.51. The van der Waals surface area contributed by atoms with E-state index in [2.05, 4.69) is 42.3 Å². The minimum absolute atomic E-state index is 0.294. The molecule has 0 amide bonds. The number of ether oxygens (including phenoxy) is 1. The predicted molar refractivity (Wildman–Crippen MR) is 121 cm³/mol. The molecule has 1 aliphatic heterocycles. The molecule has 0 bridgehead atoms. The Morgan fingerprint density at radius 1 is 0.967 bits per heavy atom. The molecule has 8 heteroatoms. The number of rotatable bonds is 5. The van der Waals surface area contributed by atoms with Crippen LogP contribution < -0.4 is 9.64 Å². The van der Waals surface area contributed by atoms with Crippen molar-refractivity contribution in [3.05, 3.63) is 59.0 Å². The summed E-state index contributed by atoms with van der Waals surface area (Å²) in [5, 5.41) is 3.00. The molecule has 0 spiro atoms. The highest BCUT2D eigenvalue weighted by Crippen LogP contribution is 2.30. The normalized spacial score (nSPS) is 15.4. The number of aryl methyl sites for hydroxylation is 2. The lowest BCUT2D eigenvalue weighted by molar-refractivity contribution is 0.384. The third-order valence-corrected chi connectivity index (χ3v) is 8.32. The number of methoxy groups -OCH3 is 1. The van der Waals surface area contributed by atoms with Gasteiger partial charge in [0.1, 0.15) is 5.75 Å². The Bertz CT molecular complexity index is 1130. The summed E-state index contributed by atoms with van der Waals surface area (Å²) in [7, 11) is -1.94. The fourth-order valence-electron chi connectivity index (χ4n) is 3.46. The molecular weight excluding hydrogens is 418 g/mol. The summed E-state index contributed by atoms with van der Waals surface area (Å²) in [4.78, 5) is 7.26. The van der Waals surface area contributed by atoms with E-state index in [1.807, 2.05) is 0 Å². The second kappa shape index (κ2) is 8.37. The molecule has 1 aliphatic rings. The highest BCUT2D eigenvalue weighted by atomic mass is 32.2. The van der Waals surface area contributed by atoms with Crippen molar-refractivity contribution < 1.29 is 13.2 Å². The standard InChI is InChI=1S/C22H25N3O3S2/c1-16-4-5-18(14-17(16)2)21-15-29-22(23-21)24-10-12-25(13-11-24)30(26,27)20-8-6-19(28-3)7-9-20/h4-9,14-15H,10-13H2,1-3H3. The lowest BCUT2D eigenvalue weighted by atomic mass is 10.1. The van der Waals surface area contributed by atoms with E-state index in [9.17, 15) is 8.42 Å². The van der Waals surface area contributed by atoms with E-state index in [4.69, 9.17) is 9.72 Å². The van der Waals surface area contributed by atoms with Crippen molar-refractivity contribution in [1.82, 2.24) is 9.29 Å². The highest BCUT2D eigenvalue weighted by Gasteiger charge is 2.29. The number of sulfonamides is 1. The number of thiazole rings is 1. The third kappa shape index (κ3) is 4.08. The summed E-state index contributed by atoms with van der Waals surface area (Å²) in [5.41, 5.74) is 4.59. The molecule has 30 heavy (non-hydrogen) atoms. The van der Waals surface area contributed by atoms with Gasteiger partial charge in [0.15, 0.2) is 5.13 Å². The van der Waals surface area contributed by atoms with Crippen LogP contribution in [0.4, 0.5) is 5.13 Å². The first-order valence-electron chi connectivity index (χ1n) is 9.81. The molecule has 1 fully saturated rings. The fraction of sp³-hybridized carbons (Fsp3) is 0.318. The van der Waals surface area contributed by atoms with Crippen LogP contribution in [0.2, 0.25) is 0 Å². The zero-order valence-corrected chi connectivity index (χ0v) is 19.0. The molecule has 0 N–H and O–H groups in total. The van der Waals surface area contributed by atoms with E-state index >= 15 is 0 Å². The van der Waals surface area contributed by atoms with Gasteiger partial charge < -0.3 is 9.64 Å². The number of aromatic nitrogens is 1. The number of piperazine rings is 1. The first kappa shape index (κ1) is 20.8. The smallest absolute Gasteiger partial charge is 0.243 e. The van der Waals surface area contributed by atoms with Gasteiger partial charge in [0.05, 0.1) is 17.7 Å². The second-order valence-electron chi connectivity index (χ2n) is 7.38. The monoisotopic (exact) mass is 443 g/mol. The van der Waals surface area contributed by atoms with Crippen LogP contribution in [0.3, 0.4) is 0 Å². The number of benzene rings is 2. The molecule has 2 aromatic carbocycles. The number of hydrogen-bond donors (Lipinski definition) is 0. The molecule has 0 atom stereocenters. The lowest BCUT2D eigenvalue weighted by Gasteiger charge is -2.33. The van der Waals surface area contributed by atoms with Crippen molar-refractivity contribution in [2.24, 2.45) is 0 Å². The van der Waals surface area contributed by atoms with Gasteiger partial charge in [0.2, 0.25) is 10.0 Å². The average molecular weight is 444 g/mol. The molecule has 0 unspecified atom stereocenters. The van der Waals surface area contributed by atoms with Crippen LogP contribution in [0.15, 0.2) is 52.7 Å². The number of hydrogen-bond acceptors (Lipinski definition) is 6. The van der Waals surface area contributed by atoms with E-state index in [0.717, 1.165) is 16.4 Å². The van der Waals surface area contributed by atoms with E-state index in [0.29, 0.717) is 36.8 Å². The summed E-state index contributed by atoms with van der Waals surface area (Å²) >= 11 is 1.60. The van der Waals surface area contributed by atoms with Gasteiger partial charge in [-0.2, -0.15) is 4.31 Å². The number of anilines is 1. The maximum absolute atomic E-state index is 12.9. The predicted octanol–water partition coefficient (Wildman–Crippen LogP) is 3.95.